The van der Waals surface area contributed by atoms with Crippen LogP contribution in [0.2, 0.25) is 0 Å². The van der Waals surface area contributed by atoms with Crippen LogP contribution in [0.25, 0.3) is 0 Å². The molecule has 0 aliphatic carbocycles. The van der Waals surface area contributed by atoms with Gasteiger partial charge >= 0.3 is 6.18 Å². The molecule has 2 aromatic rings. The van der Waals surface area contributed by atoms with E-state index in [9.17, 15) is 22.0 Å². The summed E-state index contributed by atoms with van der Waals surface area (Å²) in [4.78, 5) is 12.9. The predicted molar refractivity (Wildman–Crippen MR) is 114 cm³/mol. The van der Waals surface area contributed by atoms with Gasteiger partial charge in [-0.15, -0.1) is 0 Å². The van der Waals surface area contributed by atoms with Gasteiger partial charge in [0.25, 0.3) is 0 Å². The van der Waals surface area contributed by atoms with Gasteiger partial charge in [-0.1, -0.05) is 6.07 Å². The largest absolute Gasteiger partial charge is 0.417 e. The molecule has 0 amide bonds. The van der Waals surface area contributed by atoms with E-state index >= 15 is 0 Å². The molecule has 3 N–H and O–H groups in total. The van der Waals surface area contributed by atoms with Gasteiger partial charge in [-0.05, 0) is 38.1 Å². The Morgan fingerprint density at radius 1 is 1.09 bits per heavy atom. The maximum atomic E-state index is 14.0. The van der Waals surface area contributed by atoms with Crippen molar-refractivity contribution in [3.8, 4) is 0 Å². The van der Waals surface area contributed by atoms with Crippen LogP contribution in [0.4, 0.5) is 22.0 Å². The third-order valence-corrected chi connectivity index (χ3v) is 5.46. The number of piperidine rings is 1. The molecule has 33 heavy (non-hydrogen) atoms. The van der Waals surface area contributed by atoms with Crippen LogP contribution >= 0.6 is 0 Å². The molecule has 11 heteroatoms. The van der Waals surface area contributed by atoms with E-state index in [0.29, 0.717) is 12.3 Å². The van der Waals surface area contributed by atoms with Gasteiger partial charge in [0, 0.05) is 42.6 Å². The van der Waals surface area contributed by atoms with Crippen LogP contribution in [0, 0.1) is 11.6 Å². The summed E-state index contributed by atoms with van der Waals surface area (Å²) < 4.78 is 66.7. The summed E-state index contributed by atoms with van der Waals surface area (Å²) in [5.41, 5.74) is -0.462. The van der Waals surface area contributed by atoms with Crippen LogP contribution in [0.3, 0.4) is 0 Å². The summed E-state index contributed by atoms with van der Waals surface area (Å²) in [6.45, 7) is 1.74. The summed E-state index contributed by atoms with van der Waals surface area (Å²) in [6, 6.07) is 4.36. The lowest BCUT2D eigenvalue weighted by Crippen LogP contribution is -2.45. The number of hydrogen-bond donors (Lipinski definition) is 3. The van der Waals surface area contributed by atoms with Gasteiger partial charge < -0.3 is 10.6 Å². The lowest BCUT2D eigenvalue weighted by atomic mass is 10.1. The van der Waals surface area contributed by atoms with Crippen LogP contribution in [0.15, 0.2) is 46.6 Å². The Morgan fingerprint density at radius 3 is 2.61 bits per heavy atom. The first kappa shape index (κ1) is 23.2. The van der Waals surface area contributed by atoms with Gasteiger partial charge in [-0.3, -0.25) is 15.3 Å². The summed E-state index contributed by atoms with van der Waals surface area (Å²) in [7, 11) is 0. The number of nitrogens with one attached hydrogen (secondary N) is 3. The van der Waals surface area contributed by atoms with Gasteiger partial charge in [0.2, 0.25) is 0 Å². The van der Waals surface area contributed by atoms with E-state index in [4.69, 9.17) is 4.99 Å². The monoisotopic (exact) mass is 466 g/mol. The lowest BCUT2D eigenvalue weighted by molar-refractivity contribution is -0.137. The first-order valence-corrected chi connectivity index (χ1v) is 10.6. The van der Waals surface area contributed by atoms with E-state index in [1.165, 1.54) is 12.3 Å². The Kier molecular flexibility index (Phi) is 6.99. The number of benzene rings is 1. The molecule has 2 aliphatic rings. The molecular formula is C22H23F5N6. The van der Waals surface area contributed by atoms with E-state index in [0.717, 1.165) is 50.3 Å². The SMILES string of the molecule is Fc1ccc(CNC2CC(=NC3CCNCC3)NC(c3cncc(C(F)(F)F)c3)=N2)c(F)c1. The molecule has 2 aliphatic heterocycles. The molecule has 1 saturated heterocycles. The predicted octanol–water partition coefficient (Wildman–Crippen LogP) is 3.38. The smallest absolute Gasteiger partial charge is 0.328 e. The highest BCUT2D eigenvalue weighted by molar-refractivity contribution is 6.11. The molecule has 0 bridgehead atoms. The zero-order valence-corrected chi connectivity index (χ0v) is 17.6. The van der Waals surface area contributed by atoms with Gasteiger partial charge in [0.05, 0.1) is 11.6 Å². The number of aliphatic imine (C=N–C) groups is 2. The third kappa shape index (κ3) is 6.11. The van der Waals surface area contributed by atoms with Crippen molar-refractivity contribution in [3.63, 3.8) is 0 Å². The molecule has 0 radical (unpaired) electrons. The Labute approximate surface area is 187 Å². The molecule has 1 aromatic heterocycles. The minimum atomic E-state index is -4.54. The van der Waals surface area contributed by atoms with Crippen molar-refractivity contribution in [2.24, 2.45) is 9.98 Å². The van der Waals surface area contributed by atoms with Crippen molar-refractivity contribution < 1.29 is 22.0 Å². The van der Waals surface area contributed by atoms with Crippen LogP contribution < -0.4 is 16.0 Å². The zero-order valence-electron chi connectivity index (χ0n) is 17.6. The standard InChI is InChI=1S/C22H23F5N6/c23-16-2-1-13(18(24)8-16)11-30-19-9-20(31-17-3-5-28-6-4-17)33-21(32-19)14-7-15(12-29-10-14)22(25,26)27/h1-2,7-8,10,12,17,19,28,30H,3-6,9,11H2,(H,31,32,33). The van der Waals surface area contributed by atoms with E-state index in [1.54, 1.807) is 0 Å². The van der Waals surface area contributed by atoms with Crippen LogP contribution in [0.5, 0.6) is 0 Å². The number of aromatic nitrogens is 1. The number of alkyl halides is 3. The van der Waals surface area contributed by atoms with Crippen molar-refractivity contribution in [1.29, 1.82) is 0 Å². The molecule has 1 fully saturated rings. The maximum Gasteiger partial charge on any atom is 0.417 e. The normalized spacial score (nSPS) is 21.1. The molecule has 0 spiro atoms. The molecule has 1 atom stereocenters. The number of amidine groups is 2. The molecule has 0 saturated carbocycles. The van der Waals surface area contributed by atoms with Crippen LogP contribution in [-0.4, -0.2) is 42.0 Å². The first-order chi connectivity index (χ1) is 15.8. The fraction of sp³-hybridized carbons (Fsp3) is 0.409. The quantitative estimate of drug-likeness (QED) is 0.591. The Hall–Kier alpha value is -2.92. The van der Waals surface area contributed by atoms with Crippen molar-refractivity contribution in [2.45, 2.75) is 44.2 Å². The fourth-order valence-electron chi connectivity index (χ4n) is 3.73. The first-order valence-electron chi connectivity index (χ1n) is 10.6. The molecular weight excluding hydrogens is 443 g/mol. The van der Waals surface area contributed by atoms with Crippen LogP contribution in [-0.2, 0) is 12.7 Å². The van der Waals surface area contributed by atoms with E-state index in [2.05, 4.69) is 25.9 Å². The minimum Gasteiger partial charge on any atom is -0.328 e. The van der Waals surface area contributed by atoms with E-state index in [1.807, 2.05) is 0 Å². The van der Waals surface area contributed by atoms with Crippen molar-refractivity contribution in [2.75, 3.05) is 13.1 Å². The maximum absolute atomic E-state index is 14.0. The summed E-state index contributed by atoms with van der Waals surface area (Å²) >= 11 is 0. The number of halogens is 5. The Bertz CT molecular complexity index is 1050. The average Bonchev–Trinajstić information content (AvgIpc) is 2.78. The lowest BCUT2D eigenvalue weighted by Gasteiger charge is -2.27. The topological polar surface area (TPSA) is 73.7 Å². The Morgan fingerprint density at radius 2 is 1.88 bits per heavy atom. The van der Waals surface area contributed by atoms with Gasteiger partial charge in [0.1, 0.15) is 29.5 Å². The van der Waals surface area contributed by atoms with Gasteiger partial charge in [-0.25, -0.2) is 13.8 Å². The fourth-order valence-corrected chi connectivity index (χ4v) is 3.73. The van der Waals surface area contributed by atoms with E-state index in [-0.39, 0.29) is 29.5 Å². The molecule has 4 rings (SSSR count). The molecule has 3 heterocycles. The second-order valence-electron chi connectivity index (χ2n) is 7.96. The molecule has 6 nitrogen and oxygen atoms in total. The van der Waals surface area contributed by atoms with Gasteiger partial charge in [0.15, 0.2) is 0 Å². The summed E-state index contributed by atoms with van der Waals surface area (Å²) in [5.74, 6) is -0.579. The average molecular weight is 466 g/mol. The highest BCUT2D eigenvalue weighted by Crippen LogP contribution is 2.29. The zero-order chi connectivity index (χ0) is 23.4. The van der Waals surface area contributed by atoms with Crippen LogP contribution in [0.1, 0.15) is 36.0 Å². The highest BCUT2D eigenvalue weighted by Gasteiger charge is 2.32. The Balaban J connectivity index is 1.59. The summed E-state index contributed by atoms with van der Waals surface area (Å²) in [6.07, 6.45) is -1.01. The van der Waals surface area contributed by atoms with Crippen molar-refractivity contribution in [1.82, 2.24) is 20.9 Å². The molecule has 1 aromatic carbocycles. The molecule has 176 valence electrons. The summed E-state index contributed by atoms with van der Waals surface area (Å²) in [5, 5.41) is 9.40. The number of pyridine rings is 1. The van der Waals surface area contributed by atoms with Crippen molar-refractivity contribution >= 4 is 11.7 Å². The van der Waals surface area contributed by atoms with E-state index < -0.39 is 29.5 Å². The second-order valence-corrected chi connectivity index (χ2v) is 7.96. The number of rotatable bonds is 5. The number of hydrogen-bond acceptors (Lipinski definition) is 5. The van der Waals surface area contributed by atoms with Gasteiger partial charge in [-0.2, -0.15) is 13.2 Å². The minimum absolute atomic E-state index is 0.0645. The van der Waals surface area contributed by atoms with Crippen molar-refractivity contribution in [3.05, 3.63) is 65.0 Å². The molecule has 1 unspecified atom stereocenters. The second kappa shape index (κ2) is 9.92. The number of nitrogens with zero attached hydrogens (tertiary/aromatic N) is 3. The highest BCUT2D eigenvalue weighted by atomic mass is 19.4. The third-order valence-electron chi connectivity index (χ3n) is 5.46.